The maximum Gasteiger partial charge on any atom is 0.750 e. The standard InChI is InChI=1S/C12H16O5P/c1-3-15-12(13)10(2)9-16-18(14)17-11-7-5-4-6-8-11/h4-8,10H,3,9H2,1-2H3/q+1. The zero-order valence-corrected chi connectivity index (χ0v) is 11.3. The van der Waals surface area contributed by atoms with Gasteiger partial charge in [0.05, 0.1) is 12.5 Å². The lowest BCUT2D eigenvalue weighted by Gasteiger charge is -2.05. The summed E-state index contributed by atoms with van der Waals surface area (Å²) in [7, 11) is -2.28. The molecule has 0 N–H and O–H groups in total. The highest BCUT2D eigenvalue weighted by Gasteiger charge is 2.26. The van der Waals surface area contributed by atoms with E-state index in [-0.39, 0.29) is 12.6 Å². The Bertz CT molecular complexity index is 393. The van der Waals surface area contributed by atoms with E-state index < -0.39 is 14.2 Å². The van der Waals surface area contributed by atoms with Crippen LogP contribution in [0.25, 0.3) is 0 Å². The van der Waals surface area contributed by atoms with Gasteiger partial charge in [-0.05, 0) is 26.0 Å². The second-order valence-corrected chi connectivity index (χ2v) is 4.46. The third-order valence-electron chi connectivity index (χ3n) is 2.04. The monoisotopic (exact) mass is 271 g/mol. The summed E-state index contributed by atoms with van der Waals surface area (Å²) >= 11 is 0. The normalized spacial score (nSPS) is 12.7. The lowest BCUT2D eigenvalue weighted by Crippen LogP contribution is -2.18. The number of esters is 1. The second-order valence-electron chi connectivity index (χ2n) is 3.58. The van der Waals surface area contributed by atoms with Crippen molar-refractivity contribution >= 4 is 14.2 Å². The molecule has 2 unspecified atom stereocenters. The lowest BCUT2D eigenvalue weighted by atomic mass is 10.2. The van der Waals surface area contributed by atoms with E-state index in [1.165, 1.54) is 0 Å². The Labute approximate surface area is 107 Å². The molecule has 1 rings (SSSR count). The van der Waals surface area contributed by atoms with Gasteiger partial charge in [-0.1, -0.05) is 18.2 Å². The molecule has 5 nitrogen and oxygen atoms in total. The van der Waals surface area contributed by atoms with E-state index in [0.717, 1.165) is 0 Å². The Kier molecular flexibility index (Phi) is 6.33. The maximum atomic E-state index is 11.4. The summed E-state index contributed by atoms with van der Waals surface area (Å²) in [5.41, 5.74) is 0. The molecule has 0 aliphatic heterocycles. The van der Waals surface area contributed by atoms with Gasteiger partial charge in [-0.3, -0.25) is 4.79 Å². The highest BCUT2D eigenvalue weighted by molar-refractivity contribution is 7.33. The largest absolute Gasteiger partial charge is 0.750 e. The van der Waals surface area contributed by atoms with Crippen LogP contribution < -0.4 is 4.52 Å². The summed E-state index contributed by atoms with van der Waals surface area (Å²) < 4.78 is 26.2. The third-order valence-corrected chi connectivity index (χ3v) is 2.76. The van der Waals surface area contributed by atoms with Crippen molar-refractivity contribution in [2.45, 2.75) is 13.8 Å². The minimum Gasteiger partial charge on any atom is -0.466 e. The average molecular weight is 271 g/mol. The molecule has 0 saturated carbocycles. The molecule has 0 saturated heterocycles. The smallest absolute Gasteiger partial charge is 0.466 e. The first-order chi connectivity index (χ1) is 8.63. The van der Waals surface area contributed by atoms with E-state index in [1.54, 1.807) is 38.1 Å². The van der Waals surface area contributed by atoms with Gasteiger partial charge < -0.3 is 4.74 Å². The van der Waals surface area contributed by atoms with Crippen LogP contribution in [0.1, 0.15) is 13.8 Å². The molecule has 1 aromatic carbocycles. The second kappa shape index (κ2) is 7.80. The van der Waals surface area contributed by atoms with Crippen LogP contribution in [-0.2, 0) is 18.6 Å². The molecule has 0 aliphatic rings. The van der Waals surface area contributed by atoms with Gasteiger partial charge in [0.1, 0.15) is 6.61 Å². The topological polar surface area (TPSA) is 61.8 Å². The predicted octanol–water partition coefficient (Wildman–Crippen LogP) is 2.94. The molecule has 1 aromatic rings. The Hall–Kier alpha value is -1.45. The molecule has 18 heavy (non-hydrogen) atoms. The van der Waals surface area contributed by atoms with Crippen LogP contribution in [0.2, 0.25) is 0 Å². The zero-order valence-electron chi connectivity index (χ0n) is 10.4. The summed E-state index contributed by atoms with van der Waals surface area (Å²) in [5, 5.41) is 0. The molecule has 0 aliphatic carbocycles. The molecule has 0 aromatic heterocycles. The van der Waals surface area contributed by atoms with Gasteiger partial charge in [0.2, 0.25) is 0 Å². The van der Waals surface area contributed by atoms with Crippen molar-refractivity contribution in [3.05, 3.63) is 30.3 Å². The summed E-state index contributed by atoms with van der Waals surface area (Å²) in [5.74, 6) is -0.383. The first kappa shape index (κ1) is 14.6. The summed E-state index contributed by atoms with van der Waals surface area (Å²) in [6.07, 6.45) is 0. The van der Waals surface area contributed by atoms with Gasteiger partial charge in [-0.15, -0.1) is 4.52 Å². The Balaban J connectivity index is 2.31. The van der Waals surface area contributed by atoms with E-state index in [4.69, 9.17) is 13.8 Å². The maximum absolute atomic E-state index is 11.4. The molecule has 98 valence electrons. The van der Waals surface area contributed by atoms with Crippen LogP contribution in [-0.4, -0.2) is 19.2 Å². The van der Waals surface area contributed by atoms with Crippen LogP contribution in [0.3, 0.4) is 0 Å². The van der Waals surface area contributed by atoms with Crippen molar-refractivity contribution in [2.75, 3.05) is 13.2 Å². The number of para-hydroxylation sites is 1. The molecule has 0 radical (unpaired) electrons. The first-order valence-corrected chi connectivity index (χ1v) is 6.72. The summed E-state index contributed by atoms with van der Waals surface area (Å²) in [4.78, 5) is 11.3. The van der Waals surface area contributed by atoms with E-state index in [2.05, 4.69) is 0 Å². The zero-order chi connectivity index (χ0) is 13.4. The van der Waals surface area contributed by atoms with Gasteiger partial charge >= 0.3 is 14.2 Å². The van der Waals surface area contributed by atoms with Crippen LogP contribution in [0.15, 0.2) is 30.3 Å². The molecule has 0 heterocycles. The minimum absolute atomic E-state index is 0.000864. The number of ether oxygens (including phenoxy) is 1. The number of carbonyl (C=O) groups is 1. The van der Waals surface area contributed by atoms with Crippen molar-refractivity contribution in [3.8, 4) is 5.75 Å². The van der Waals surface area contributed by atoms with Crippen LogP contribution >= 0.6 is 8.25 Å². The Morgan fingerprint density at radius 2 is 2.00 bits per heavy atom. The molecule has 0 amide bonds. The molecule has 0 spiro atoms. The first-order valence-electron chi connectivity index (χ1n) is 5.63. The summed E-state index contributed by atoms with van der Waals surface area (Å²) in [6, 6.07) is 8.69. The SMILES string of the molecule is CCOC(=O)C(C)CO[P+](=O)Oc1ccccc1. The molecular weight excluding hydrogens is 255 g/mol. The minimum atomic E-state index is -2.28. The van der Waals surface area contributed by atoms with Gasteiger partial charge in [0, 0.05) is 4.57 Å². The van der Waals surface area contributed by atoms with Crippen molar-refractivity contribution in [3.63, 3.8) is 0 Å². The van der Waals surface area contributed by atoms with Crippen molar-refractivity contribution in [1.82, 2.24) is 0 Å². The van der Waals surface area contributed by atoms with Crippen molar-refractivity contribution < 1.29 is 23.1 Å². The van der Waals surface area contributed by atoms with Gasteiger partial charge in [0.25, 0.3) is 0 Å². The number of benzene rings is 1. The highest BCUT2D eigenvalue weighted by atomic mass is 31.1. The van der Waals surface area contributed by atoms with Crippen molar-refractivity contribution in [1.29, 1.82) is 0 Å². The number of rotatable bonds is 7. The number of hydrogen-bond donors (Lipinski definition) is 0. The fourth-order valence-electron chi connectivity index (χ4n) is 1.12. The molecule has 6 heteroatoms. The van der Waals surface area contributed by atoms with Gasteiger partial charge in [-0.2, -0.15) is 0 Å². The van der Waals surface area contributed by atoms with E-state index >= 15 is 0 Å². The Morgan fingerprint density at radius 1 is 1.33 bits per heavy atom. The van der Waals surface area contributed by atoms with Gasteiger partial charge in [0.15, 0.2) is 5.75 Å². The fourth-order valence-corrected chi connectivity index (χ4v) is 1.81. The summed E-state index contributed by atoms with van der Waals surface area (Å²) in [6.45, 7) is 3.69. The van der Waals surface area contributed by atoms with Crippen molar-refractivity contribution in [2.24, 2.45) is 5.92 Å². The number of hydrogen-bond acceptors (Lipinski definition) is 5. The van der Waals surface area contributed by atoms with E-state index in [0.29, 0.717) is 12.4 Å². The number of carbonyl (C=O) groups excluding carboxylic acids is 1. The highest BCUT2D eigenvalue weighted by Crippen LogP contribution is 2.28. The van der Waals surface area contributed by atoms with Gasteiger partial charge in [-0.25, -0.2) is 4.52 Å². The molecule has 0 bridgehead atoms. The Morgan fingerprint density at radius 3 is 2.61 bits per heavy atom. The molecule has 2 atom stereocenters. The predicted molar refractivity (Wildman–Crippen MR) is 66.4 cm³/mol. The average Bonchev–Trinajstić information content (AvgIpc) is 2.37. The van der Waals surface area contributed by atoms with E-state index in [9.17, 15) is 9.36 Å². The molecular formula is C12H16O5P+. The van der Waals surface area contributed by atoms with E-state index in [1.807, 2.05) is 6.07 Å². The molecule has 0 fully saturated rings. The third kappa shape index (κ3) is 5.25. The van der Waals surface area contributed by atoms with Crippen LogP contribution in [0, 0.1) is 5.92 Å². The van der Waals surface area contributed by atoms with Crippen LogP contribution in [0.5, 0.6) is 5.75 Å². The quantitative estimate of drug-likeness (QED) is 0.563. The fraction of sp³-hybridized carbons (Fsp3) is 0.417. The van der Waals surface area contributed by atoms with Crippen LogP contribution in [0.4, 0.5) is 0 Å². The lowest BCUT2D eigenvalue weighted by molar-refractivity contribution is -0.148.